The van der Waals surface area contributed by atoms with E-state index in [-0.39, 0.29) is 0 Å². The fourth-order valence-corrected chi connectivity index (χ4v) is 3.57. The fourth-order valence-electron chi connectivity index (χ4n) is 3.23. The Balaban J connectivity index is 1.89. The van der Waals surface area contributed by atoms with E-state index in [1.165, 1.54) is 68.9 Å². The van der Waals surface area contributed by atoms with E-state index < -0.39 is 0 Å². The van der Waals surface area contributed by atoms with Gasteiger partial charge in [0.2, 0.25) is 0 Å². The summed E-state index contributed by atoms with van der Waals surface area (Å²) >= 11 is 4.68. The van der Waals surface area contributed by atoms with Crippen molar-refractivity contribution in [1.29, 1.82) is 0 Å². The van der Waals surface area contributed by atoms with Gasteiger partial charge in [0.25, 0.3) is 0 Å². The maximum absolute atomic E-state index is 4.68. The van der Waals surface area contributed by atoms with E-state index in [1.807, 2.05) is 12.4 Å². The number of hydrogen-bond acceptors (Lipinski definition) is 3. The zero-order valence-electron chi connectivity index (χ0n) is 16.5. The van der Waals surface area contributed by atoms with Crippen LogP contribution in [0, 0.1) is 0 Å². The summed E-state index contributed by atoms with van der Waals surface area (Å²) in [6.07, 6.45) is 17.8. The van der Waals surface area contributed by atoms with E-state index >= 15 is 0 Å². The van der Waals surface area contributed by atoms with Crippen molar-refractivity contribution in [3.05, 3.63) is 41.7 Å². The SMILES string of the molecule is CCCCCCCc1cnc(-c2ccc(CCCCCC)cc2S)nc1. The van der Waals surface area contributed by atoms with Crippen LogP contribution < -0.4 is 0 Å². The molecule has 2 rings (SSSR count). The molecule has 0 aliphatic carbocycles. The maximum atomic E-state index is 4.68. The lowest BCUT2D eigenvalue weighted by Crippen LogP contribution is -1.95. The number of aromatic nitrogens is 2. The van der Waals surface area contributed by atoms with E-state index in [0.29, 0.717) is 0 Å². The third-order valence-corrected chi connectivity index (χ3v) is 5.27. The average Bonchev–Trinajstić information content (AvgIpc) is 2.66. The molecule has 0 aliphatic heterocycles. The highest BCUT2D eigenvalue weighted by molar-refractivity contribution is 7.80. The third-order valence-electron chi connectivity index (χ3n) is 4.90. The average molecular weight is 371 g/mol. The van der Waals surface area contributed by atoms with Crippen LogP contribution in [0.1, 0.15) is 82.8 Å². The molecule has 0 saturated carbocycles. The molecular weight excluding hydrogens is 336 g/mol. The second-order valence-electron chi connectivity index (χ2n) is 7.24. The molecule has 0 fully saturated rings. The van der Waals surface area contributed by atoms with Crippen LogP contribution in [0.2, 0.25) is 0 Å². The topological polar surface area (TPSA) is 25.8 Å². The second kappa shape index (κ2) is 12.1. The molecule has 3 heteroatoms. The molecule has 26 heavy (non-hydrogen) atoms. The van der Waals surface area contributed by atoms with Crippen LogP contribution in [-0.2, 0) is 12.8 Å². The van der Waals surface area contributed by atoms with Gasteiger partial charge in [0, 0.05) is 22.9 Å². The molecule has 1 aromatic heterocycles. The number of thiol groups is 1. The number of aryl methyl sites for hydroxylation is 2. The summed E-state index contributed by atoms with van der Waals surface area (Å²) in [5.41, 5.74) is 3.62. The molecular formula is C23H34N2S. The first-order valence-corrected chi connectivity index (χ1v) is 10.8. The quantitative estimate of drug-likeness (QED) is 0.319. The van der Waals surface area contributed by atoms with Gasteiger partial charge in [-0.25, -0.2) is 9.97 Å². The molecule has 1 aromatic carbocycles. The Morgan fingerprint density at radius 3 is 1.92 bits per heavy atom. The smallest absolute Gasteiger partial charge is 0.160 e. The molecule has 2 aromatic rings. The molecule has 0 saturated heterocycles. The molecule has 0 unspecified atom stereocenters. The minimum atomic E-state index is 0.780. The van der Waals surface area contributed by atoms with E-state index in [0.717, 1.165) is 29.1 Å². The Bertz CT molecular complexity index is 637. The van der Waals surface area contributed by atoms with Gasteiger partial charge in [-0.2, -0.15) is 0 Å². The highest BCUT2D eigenvalue weighted by atomic mass is 32.1. The monoisotopic (exact) mass is 370 g/mol. The van der Waals surface area contributed by atoms with E-state index in [1.54, 1.807) is 0 Å². The van der Waals surface area contributed by atoms with Crippen molar-refractivity contribution in [2.24, 2.45) is 0 Å². The van der Waals surface area contributed by atoms with Gasteiger partial charge in [0.15, 0.2) is 5.82 Å². The molecule has 0 atom stereocenters. The van der Waals surface area contributed by atoms with Gasteiger partial charge < -0.3 is 0 Å². The lowest BCUT2D eigenvalue weighted by molar-refractivity contribution is 0.631. The number of nitrogens with zero attached hydrogens (tertiary/aromatic N) is 2. The Hall–Kier alpha value is -1.35. The van der Waals surface area contributed by atoms with Crippen LogP contribution in [-0.4, -0.2) is 9.97 Å². The molecule has 0 spiro atoms. The zero-order chi connectivity index (χ0) is 18.6. The van der Waals surface area contributed by atoms with Crippen molar-refractivity contribution in [2.45, 2.75) is 89.4 Å². The van der Waals surface area contributed by atoms with Crippen molar-refractivity contribution in [3.63, 3.8) is 0 Å². The predicted molar refractivity (Wildman–Crippen MR) is 115 cm³/mol. The van der Waals surface area contributed by atoms with E-state index in [9.17, 15) is 0 Å². The van der Waals surface area contributed by atoms with Gasteiger partial charge in [-0.1, -0.05) is 64.9 Å². The molecule has 0 N–H and O–H groups in total. The number of rotatable bonds is 12. The van der Waals surface area contributed by atoms with Crippen molar-refractivity contribution < 1.29 is 0 Å². The summed E-state index contributed by atoms with van der Waals surface area (Å²) < 4.78 is 0. The van der Waals surface area contributed by atoms with Gasteiger partial charge >= 0.3 is 0 Å². The van der Waals surface area contributed by atoms with Gasteiger partial charge in [-0.05, 0) is 48.9 Å². The Kier molecular flexibility index (Phi) is 9.76. The molecule has 0 amide bonds. The lowest BCUT2D eigenvalue weighted by atomic mass is 10.0. The molecule has 1 heterocycles. The Morgan fingerprint density at radius 1 is 0.731 bits per heavy atom. The first kappa shape index (κ1) is 21.0. The summed E-state index contributed by atoms with van der Waals surface area (Å²) in [7, 11) is 0. The lowest BCUT2D eigenvalue weighted by Gasteiger charge is -2.08. The van der Waals surface area contributed by atoms with Crippen LogP contribution in [0.5, 0.6) is 0 Å². The van der Waals surface area contributed by atoms with Crippen LogP contribution in [0.15, 0.2) is 35.5 Å². The van der Waals surface area contributed by atoms with Gasteiger partial charge in [0.1, 0.15) is 0 Å². The van der Waals surface area contributed by atoms with Gasteiger partial charge in [-0.3, -0.25) is 0 Å². The molecule has 0 bridgehead atoms. The van der Waals surface area contributed by atoms with Crippen molar-refractivity contribution in [2.75, 3.05) is 0 Å². The second-order valence-corrected chi connectivity index (χ2v) is 7.72. The van der Waals surface area contributed by atoms with Crippen LogP contribution in [0.25, 0.3) is 11.4 Å². The summed E-state index contributed by atoms with van der Waals surface area (Å²) in [5.74, 6) is 0.780. The van der Waals surface area contributed by atoms with Crippen LogP contribution in [0.4, 0.5) is 0 Å². The first-order valence-electron chi connectivity index (χ1n) is 10.4. The predicted octanol–water partition coefficient (Wildman–Crippen LogP) is 7.07. The number of hydrogen-bond donors (Lipinski definition) is 1. The first-order chi connectivity index (χ1) is 12.7. The van der Waals surface area contributed by atoms with Gasteiger partial charge in [0.05, 0.1) is 0 Å². The highest BCUT2D eigenvalue weighted by Crippen LogP contribution is 2.25. The normalized spacial score (nSPS) is 11.0. The van der Waals surface area contributed by atoms with Crippen molar-refractivity contribution in [1.82, 2.24) is 9.97 Å². The molecule has 0 aliphatic rings. The van der Waals surface area contributed by atoms with Gasteiger partial charge in [-0.15, -0.1) is 12.6 Å². The fraction of sp³-hybridized carbons (Fsp3) is 0.565. The van der Waals surface area contributed by atoms with Crippen LogP contribution >= 0.6 is 12.6 Å². The zero-order valence-corrected chi connectivity index (χ0v) is 17.4. The van der Waals surface area contributed by atoms with E-state index in [4.69, 9.17) is 0 Å². The van der Waals surface area contributed by atoms with Crippen LogP contribution in [0.3, 0.4) is 0 Å². The molecule has 142 valence electrons. The number of unbranched alkanes of at least 4 members (excludes halogenated alkanes) is 7. The Morgan fingerprint density at radius 2 is 1.31 bits per heavy atom. The van der Waals surface area contributed by atoms with Crippen molar-refractivity contribution in [3.8, 4) is 11.4 Å². The maximum Gasteiger partial charge on any atom is 0.160 e. The standard InChI is InChI=1S/C23H34N2S/c1-3-5-7-9-11-13-20-17-24-23(25-18-20)21-15-14-19(16-22(21)26)12-10-8-6-4-2/h14-18,26H,3-13H2,1-2H3. The molecule has 0 radical (unpaired) electrons. The number of benzene rings is 1. The largest absolute Gasteiger partial charge is 0.236 e. The van der Waals surface area contributed by atoms with Crippen molar-refractivity contribution >= 4 is 12.6 Å². The minimum absolute atomic E-state index is 0.780. The summed E-state index contributed by atoms with van der Waals surface area (Å²) in [6.45, 7) is 4.50. The summed E-state index contributed by atoms with van der Waals surface area (Å²) in [5, 5.41) is 0. The summed E-state index contributed by atoms with van der Waals surface area (Å²) in [6, 6.07) is 6.50. The third kappa shape index (κ3) is 7.11. The molecule has 2 nitrogen and oxygen atoms in total. The highest BCUT2D eigenvalue weighted by Gasteiger charge is 2.07. The summed E-state index contributed by atoms with van der Waals surface area (Å²) in [4.78, 5) is 10.1. The van der Waals surface area contributed by atoms with E-state index in [2.05, 4.69) is 54.6 Å². The Labute approximate surface area is 165 Å². The minimum Gasteiger partial charge on any atom is -0.236 e.